The molecule has 0 heterocycles. The topological polar surface area (TPSA) is 58.2 Å². The van der Waals surface area contributed by atoms with Gasteiger partial charge in [-0.3, -0.25) is 9.59 Å². The van der Waals surface area contributed by atoms with Crippen molar-refractivity contribution >= 4 is 17.5 Å². The number of carbonyl (C=O) groups excluding carboxylic acids is 2. The van der Waals surface area contributed by atoms with E-state index in [1.54, 1.807) is 24.3 Å². The Kier molecular flexibility index (Phi) is 4.42. The molecule has 0 spiro atoms. The number of benzene rings is 2. The SMILES string of the molecule is Cc1ccc(C(=O)NCC2CC2)cc1NC(=O)c1ccccc1. The largest absolute Gasteiger partial charge is 0.352 e. The molecule has 1 saturated carbocycles. The zero-order valence-corrected chi connectivity index (χ0v) is 13.1. The predicted molar refractivity (Wildman–Crippen MR) is 90.6 cm³/mol. The first kappa shape index (κ1) is 15.3. The number of aryl methyl sites for hydroxylation is 1. The summed E-state index contributed by atoms with van der Waals surface area (Å²) >= 11 is 0. The van der Waals surface area contributed by atoms with E-state index in [1.165, 1.54) is 12.8 Å². The lowest BCUT2D eigenvalue weighted by Crippen LogP contribution is -2.25. The molecular weight excluding hydrogens is 288 g/mol. The lowest BCUT2D eigenvalue weighted by atomic mass is 10.1. The third kappa shape index (κ3) is 3.97. The van der Waals surface area contributed by atoms with Crippen molar-refractivity contribution in [3.63, 3.8) is 0 Å². The van der Waals surface area contributed by atoms with E-state index in [-0.39, 0.29) is 11.8 Å². The standard InChI is InChI=1S/C19H20N2O2/c1-13-7-10-16(18(22)20-12-14-8-9-14)11-17(13)21-19(23)15-5-3-2-4-6-15/h2-7,10-11,14H,8-9,12H2,1H3,(H,20,22)(H,21,23). The monoisotopic (exact) mass is 308 g/mol. The van der Waals surface area contributed by atoms with E-state index < -0.39 is 0 Å². The first-order valence-electron chi connectivity index (χ1n) is 7.89. The number of hydrogen-bond donors (Lipinski definition) is 2. The minimum atomic E-state index is -0.177. The Morgan fingerprint density at radius 3 is 2.43 bits per heavy atom. The van der Waals surface area contributed by atoms with Crippen molar-refractivity contribution in [3.05, 3.63) is 65.2 Å². The molecular formula is C19H20N2O2. The first-order valence-corrected chi connectivity index (χ1v) is 7.89. The normalized spacial score (nSPS) is 13.4. The summed E-state index contributed by atoms with van der Waals surface area (Å²) in [6.07, 6.45) is 2.40. The van der Waals surface area contributed by atoms with Gasteiger partial charge in [-0.25, -0.2) is 0 Å². The molecule has 0 aliphatic heterocycles. The Bertz CT molecular complexity index is 721. The van der Waals surface area contributed by atoms with Crippen molar-refractivity contribution in [3.8, 4) is 0 Å². The number of rotatable bonds is 5. The van der Waals surface area contributed by atoms with Gasteiger partial charge in [0.05, 0.1) is 0 Å². The first-order chi connectivity index (χ1) is 11.1. The molecule has 0 unspecified atom stereocenters. The molecule has 2 aromatic carbocycles. The Morgan fingerprint density at radius 1 is 1.00 bits per heavy atom. The van der Waals surface area contributed by atoms with Gasteiger partial charge in [0.25, 0.3) is 11.8 Å². The van der Waals surface area contributed by atoms with Crippen LogP contribution in [0.1, 0.15) is 39.1 Å². The Balaban J connectivity index is 1.72. The van der Waals surface area contributed by atoms with Gasteiger partial charge in [-0.2, -0.15) is 0 Å². The molecule has 4 heteroatoms. The molecule has 0 bridgehead atoms. The maximum absolute atomic E-state index is 12.3. The van der Waals surface area contributed by atoms with Crippen LogP contribution in [0.15, 0.2) is 48.5 Å². The molecule has 0 atom stereocenters. The average molecular weight is 308 g/mol. The molecule has 23 heavy (non-hydrogen) atoms. The van der Waals surface area contributed by atoms with Crippen LogP contribution in [-0.2, 0) is 0 Å². The summed E-state index contributed by atoms with van der Waals surface area (Å²) in [5, 5.41) is 5.82. The van der Waals surface area contributed by atoms with Crippen LogP contribution >= 0.6 is 0 Å². The van der Waals surface area contributed by atoms with Gasteiger partial charge in [-0.15, -0.1) is 0 Å². The number of amides is 2. The maximum Gasteiger partial charge on any atom is 0.255 e. The molecule has 0 aromatic heterocycles. The predicted octanol–water partition coefficient (Wildman–Crippen LogP) is 3.39. The molecule has 2 N–H and O–H groups in total. The highest BCUT2D eigenvalue weighted by atomic mass is 16.2. The molecule has 0 radical (unpaired) electrons. The van der Waals surface area contributed by atoms with Gasteiger partial charge in [0, 0.05) is 23.4 Å². The lowest BCUT2D eigenvalue weighted by Gasteiger charge is -2.11. The minimum absolute atomic E-state index is 0.0906. The second-order valence-corrected chi connectivity index (χ2v) is 6.00. The van der Waals surface area contributed by atoms with E-state index in [0.717, 1.165) is 12.1 Å². The molecule has 1 fully saturated rings. The smallest absolute Gasteiger partial charge is 0.255 e. The molecule has 2 aromatic rings. The zero-order valence-electron chi connectivity index (χ0n) is 13.1. The number of carbonyl (C=O) groups is 2. The van der Waals surface area contributed by atoms with E-state index in [2.05, 4.69) is 10.6 Å². The van der Waals surface area contributed by atoms with Gasteiger partial charge >= 0.3 is 0 Å². The third-order valence-corrected chi connectivity index (χ3v) is 4.03. The van der Waals surface area contributed by atoms with Crippen LogP contribution in [0.5, 0.6) is 0 Å². The highest BCUT2D eigenvalue weighted by molar-refractivity contribution is 6.05. The minimum Gasteiger partial charge on any atom is -0.352 e. The van der Waals surface area contributed by atoms with Crippen molar-refractivity contribution in [2.24, 2.45) is 5.92 Å². The third-order valence-electron chi connectivity index (χ3n) is 4.03. The van der Waals surface area contributed by atoms with Crippen LogP contribution in [0.3, 0.4) is 0 Å². The number of hydrogen-bond acceptors (Lipinski definition) is 2. The zero-order chi connectivity index (χ0) is 16.2. The van der Waals surface area contributed by atoms with Crippen LogP contribution < -0.4 is 10.6 Å². The second kappa shape index (κ2) is 6.65. The van der Waals surface area contributed by atoms with Crippen LogP contribution in [0.25, 0.3) is 0 Å². The van der Waals surface area contributed by atoms with Gasteiger partial charge in [-0.1, -0.05) is 24.3 Å². The molecule has 1 aliphatic rings. The van der Waals surface area contributed by atoms with Crippen molar-refractivity contribution < 1.29 is 9.59 Å². The van der Waals surface area contributed by atoms with E-state index in [1.807, 2.05) is 31.2 Å². The van der Waals surface area contributed by atoms with Crippen molar-refractivity contribution in [2.45, 2.75) is 19.8 Å². The molecule has 0 saturated heterocycles. The molecule has 3 rings (SSSR count). The fraction of sp³-hybridized carbons (Fsp3) is 0.263. The van der Waals surface area contributed by atoms with Crippen LogP contribution in [0, 0.1) is 12.8 Å². The number of nitrogens with one attached hydrogen (secondary N) is 2. The summed E-state index contributed by atoms with van der Waals surface area (Å²) < 4.78 is 0. The van der Waals surface area contributed by atoms with Gasteiger partial charge in [0.2, 0.25) is 0 Å². The van der Waals surface area contributed by atoms with Gasteiger partial charge in [0.1, 0.15) is 0 Å². The number of anilines is 1. The summed E-state index contributed by atoms with van der Waals surface area (Å²) in [6, 6.07) is 14.4. The van der Waals surface area contributed by atoms with E-state index in [9.17, 15) is 9.59 Å². The summed E-state index contributed by atoms with van der Waals surface area (Å²) in [5.41, 5.74) is 2.75. The Labute approximate surface area is 135 Å². The molecule has 1 aliphatic carbocycles. The van der Waals surface area contributed by atoms with Gasteiger partial charge in [0.15, 0.2) is 0 Å². The fourth-order valence-electron chi connectivity index (χ4n) is 2.34. The van der Waals surface area contributed by atoms with E-state index >= 15 is 0 Å². The summed E-state index contributed by atoms with van der Waals surface area (Å²) in [7, 11) is 0. The summed E-state index contributed by atoms with van der Waals surface area (Å²) in [5.74, 6) is 0.373. The molecule has 2 amide bonds. The van der Waals surface area contributed by atoms with Crippen LogP contribution in [-0.4, -0.2) is 18.4 Å². The highest BCUT2D eigenvalue weighted by Crippen LogP contribution is 2.27. The Morgan fingerprint density at radius 2 is 1.74 bits per heavy atom. The second-order valence-electron chi connectivity index (χ2n) is 6.00. The fourth-order valence-corrected chi connectivity index (χ4v) is 2.34. The van der Waals surface area contributed by atoms with Crippen molar-refractivity contribution in [1.82, 2.24) is 5.32 Å². The maximum atomic E-state index is 12.3. The average Bonchev–Trinajstić information content (AvgIpc) is 3.40. The van der Waals surface area contributed by atoms with Gasteiger partial charge in [-0.05, 0) is 55.5 Å². The summed E-state index contributed by atoms with van der Waals surface area (Å²) in [6.45, 7) is 2.64. The van der Waals surface area contributed by atoms with E-state index in [0.29, 0.717) is 22.7 Å². The van der Waals surface area contributed by atoms with Crippen molar-refractivity contribution in [1.29, 1.82) is 0 Å². The highest BCUT2D eigenvalue weighted by Gasteiger charge is 2.22. The Hall–Kier alpha value is -2.62. The molecule has 4 nitrogen and oxygen atoms in total. The van der Waals surface area contributed by atoms with Crippen molar-refractivity contribution in [2.75, 3.05) is 11.9 Å². The van der Waals surface area contributed by atoms with Crippen LogP contribution in [0.2, 0.25) is 0 Å². The molecule has 118 valence electrons. The lowest BCUT2D eigenvalue weighted by molar-refractivity contribution is 0.0950. The van der Waals surface area contributed by atoms with E-state index in [4.69, 9.17) is 0 Å². The van der Waals surface area contributed by atoms with Crippen LogP contribution in [0.4, 0.5) is 5.69 Å². The van der Waals surface area contributed by atoms with Gasteiger partial charge < -0.3 is 10.6 Å². The summed E-state index contributed by atoms with van der Waals surface area (Å²) in [4.78, 5) is 24.4. The quantitative estimate of drug-likeness (QED) is 0.889.